The summed E-state index contributed by atoms with van der Waals surface area (Å²) in [5.41, 5.74) is -0.444. The van der Waals surface area contributed by atoms with E-state index in [9.17, 15) is 13.2 Å². The first-order chi connectivity index (χ1) is 5.95. The van der Waals surface area contributed by atoms with Crippen molar-refractivity contribution in [3.63, 3.8) is 0 Å². The summed E-state index contributed by atoms with van der Waals surface area (Å²) in [5, 5.41) is 0. The minimum atomic E-state index is -4.28. The molecule has 0 atom stereocenters. The molecule has 0 radical (unpaired) electrons. The summed E-state index contributed by atoms with van der Waals surface area (Å²) in [4.78, 5) is 0. The molecule has 0 unspecified atom stereocenters. The van der Waals surface area contributed by atoms with E-state index in [1.807, 2.05) is 0 Å². The third kappa shape index (κ3) is 2.14. The summed E-state index contributed by atoms with van der Waals surface area (Å²) in [6, 6.07) is 3.69. The van der Waals surface area contributed by atoms with Crippen molar-refractivity contribution < 1.29 is 17.9 Å². The van der Waals surface area contributed by atoms with Crippen molar-refractivity contribution in [1.82, 2.24) is 0 Å². The molecule has 0 amide bonds. The number of hydrogen-bond donors (Lipinski definition) is 0. The minimum absolute atomic E-state index is 0.173. The lowest BCUT2D eigenvalue weighted by Crippen LogP contribution is -2.07. The average molecular weight is 190 g/mol. The Balaban J connectivity index is 3.13. The van der Waals surface area contributed by atoms with Gasteiger partial charge in [-0.15, -0.1) is 0 Å². The topological polar surface area (TPSA) is 9.23 Å². The zero-order valence-corrected chi connectivity index (χ0v) is 7.27. The Labute approximate surface area is 74.1 Å². The van der Waals surface area contributed by atoms with Crippen molar-refractivity contribution in [2.45, 2.75) is 13.1 Å². The minimum Gasteiger partial charge on any atom is -0.497 e. The molecular weight excluding hydrogens is 181 g/mol. The van der Waals surface area contributed by atoms with Crippen LogP contribution >= 0.6 is 0 Å². The molecule has 0 aliphatic rings. The van der Waals surface area contributed by atoms with Gasteiger partial charge in [-0.25, -0.2) is 0 Å². The number of ether oxygens (including phenoxy) is 1. The van der Waals surface area contributed by atoms with Gasteiger partial charge in [-0.05, 0) is 30.7 Å². The fourth-order valence-corrected chi connectivity index (χ4v) is 1.08. The maximum Gasteiger partial charge on any atom is 0.416 e. The van der Waals surface area contributed by atoms with Crippen LogP contribution in [0, 0.1) is 6.92 Å². The number of hydrogen-bond acceptors (Lipinski definition) is 1. The van der Waals surface area contributed by atoms with Gasteiger partial charge in [0.1, 0.15) is 5.75 Å². The van der Waals surface area contributed by atoms with E-state index in [1.165, 1.54) is 26.2 Å². The summed E-state index contributed by atoms with van der Waals surface area (Å²) < 4.78 is 41.5. The molecule has 0 saturated carbocycles. The fourth-order valence-electron chi connectivity index (χ4n) is 1.08. The normalized spacial score (nSPS) is 11.5. The maximum absolute atomic E-state index is 12.2. The average Bonchev–Trinajstić information content (AvgIpc) is 2.01. The fraction of sp³-hybridized carbons (Fsp3) is 0.333. The number of methoxy groups -OCH3 is 1. The van der Waals surface area contributed by atoms with Crippen LogP contribution in [0.1, 0.15) is 11.1 Å². The lowest BCUT2D eigenvalue weighted by molar-refractivity contribution is -0.138. The first-order valence-electron chi connectivity index (χ1n) is 3.67. The van der Waals surface area contributed by atoms with Crippen LogP contribution in [0.3, 0.4) is 0 Å². The molecule has 0 saturated heterocycles. The summed E-state index contributed by atoms with van der Waals surface area (Å²) in [7, 11) is 1.42. The van der Waals surface area contributed by atoms with Crippen molar-refractivity contribution in [1.29, 1.82) is 0 Å². The van der Waals surface area contributed by atoms with Crippen molar-refractivity contribution >= 4 is 0 Å². The molecule has 0 spiro atoms. The summed E-state index contributed by atoms with van der Waals surface area (Å²) in [5.74, 6) is 0.436. The highest BCUT2D eigenvalue weighted by Crippen LogP contribution is 2.33. The van der Waals surface area contributed by atoms with Gasteiger partial charge in [0.25, 0.3) is 0 Å². The molecule has 0 heterocycles. The molecule has 0 aliphatic carbocycles. The molecule has 1 aromatic carbocycles. The molecule has 13 heavy (non-hydrogen) atoms. The van der Waals surface area contributed by atoms with Gasteiger partial charge in [-0.1, -0.05) is 0 Å². The molecule has 0 aromatic heterocycles. The van der Waals surface area contributed by atoms with Crippen molar-refractivity contribution in [3.05, 3.63) is 29.3 Å². The van der Waals surface area contributed by atoms with Crippen LogP contribution in [0.2, 0.25) is 0 Å². The van der Waals surface area contributed by atoms with E-state index in [0.717, 1.165) is 6.07 Å². The zero-order valence-electron chi connectivity index (χ0n) is 7.27. The van der Waals surface area contributed by atoms with Gasteiger partial charge in [0, 0.05) is 0 Å². The first kappa shape index (κ1) is 9.89. The molecule has 0 fully saturated rings. The molecule has 0 bridgehead atoms. The second kappa shape index (κ2) is 3.28. The van der Waals surface area contributed by atoms with Gasteiger partial charge in [0.05, 0.1) is 12.7 Å². The predicted molar refractivity (Wildman–Crippen MR) is 42.7 cm³/mol. The molecular formula is C9H9F3O. The highest BCUT2D eigenvalue weighted by molar-refractivity contribution is 5.36. The quantitative estimate of drug-likeness (QED) is 0.661. The van der Waals surface area contributed by atoms with Crippen molar-refractivity contribution in [2.24, 2.45) is 0 Å². The highest BCUT2D eigenvalue weighted by atomic mass is 19.4. The number of alkyl halides is 3. The monoisotopic (exact) mass is 190 g/mol. The standard InChI is InChI=1S/C9H9F3O/c1-6-5-7(13-2)3-4-8(6)9(10,11)12/h3-5H,1-2H3. The third-order valence-electron chi connectivity index (χ3n) is 1.74. The molecule has 1 rings (SSSR count). The van der Waals surface area contributed by atoms with E-state index >= 15 is 0 Å². The predicted octanol–water partition coefficient (Wildman–Crippen LogP) is 3.02. The van der Waals surface area contributed by atoms with Crippen LogP contribution in [-0.2, 0) is 6.18 Å². The number of halogens is 3. The van der Waals surface area contributed by atoms with Crippen LogP contribution in [0.4, 0.5) is 13.2 Å². The Morgan fingerprint density at radius 2 is 1.85 bits per heavy atom. The molecule has 1 nitrogen and oxygen atoms in total. The van der Waals surface area contributed by atoms with Crippen LogP contribution in [0.5, 0.6) is 5.75 Å². The molecule has 72 valence electrons. The molecule has 1 aromatic rings. The Morgan fingerprint density at radius 3 is 2.23 bits per heavy atom. The molecule has 4 heteroatoms. The van der Waals surface area contributed by atoms with Crippen LogP contribution < -0.4 is 4.74 Å². The van der Waals surface area contributed by atoms with Crippen LogP contribution in [0.15, 0.2) is 18.2 Å². The van der Waals surface area contributed by atoms with E-state index in [4.69, 9.17) is 4.74 Å². The van der Waals surface area contributed by atoms with Crippen LogP contribution in [-0.4, -0.2) is 7.11 Å². The van der Waals surface area contributed by atoms with Crippen molar-refractivity contribution in [2.75, 3.05) is 7.11 Å². The number of aryl methyl sites for hydroxylation is 1. The van der Waals surface area contributed by atoms with Gasteiger partial charge >= 0.3 is 6.18 Å². The maximum atomic E-state index is 12.2. The Bertz CT molecular complexity index is 304. The summed E-state index contributed by atoms with van der Waals surface area (Å²) in [6.07, 6.45) is -4.28. The molecule has 0 N–H and O–H groups in total. The Hall–Kier alpha value is -1.19. The highest BCUT2D eigenvalue weighted by Gasteiger charge is 2.32. The number of benzene rings is 1. The SMILES string of the molecule is COc1ccc(C(F)(F)F)c(C)c1. The van der Waals surface area contributed by atoms with E-state index in [1.54, 1.807) is 0 Å². The smallest absolute Gasteiger partial charge is 0.416 e. The Morgan fingerprint density at radius 1 is 1.23 bits per heavy atom. The van der Waals surface area contributed by atoms with Gasteiger partial charge in [-0.2, -0.15) is 13.2 Å². The largest absolute Gasteiger partial charge is 0.497 e. The second-order valence-electron chi connectivity index (χ2n) is 2.68. The van der Waals surface area contributed by atoms with Crippen LogP contribution in [0.25, 0.3) is 0 Å². The second-order valence-corrected chi connectivity index (χ2v) is 2.68. The van der Waals surface area contributed by atoms with Gasteiger partial charge < -0.3 is 4.74 Å². The first-order valence-corrected chi connectivity index (χ1v) is 3.67. The lowest BCUT2D eigenvalue weighted by atomic mass is 10.1. The van der Waals surface area contributed by atoms with E-state index < -0.39 is 11.7 Å². The third-order valence-corrected chi connectivity index (χ3v) is 1.74. The Kier molecular flexibility index (Phi) is 2.50. The summed E-state index contributed by atoms with van der Waals surface area (Å²) in [6.45, 7) is 1.41. The van der Waals surface area contributed by atoms with E-state index in [-0.39, 0.29) is 5.56 Å². The zero-order chi connectivity index (χ0) is 10.1. The van der Waals surface area contributed by atoms with Crippen molar-refractivity contribution in [3.8, 4) is 5.75 Å². The van der Waals surface area contributed by atoms with E-state index in [0.29, 0.717) is 5.75 Å². The molecule has 0 aliphatic heterocycles. The lowest BCUT2D eigenvalue weighted by Gasteiger charge is -2.10. The van der Waals surface area contributed by atoms with Gasteiger partial charge in [0.2, 0.25) is 0 Å². The van der Waals surface area contributed by atoms with E-state index in [2.05, 4.69) is 0 Å². The number of rotatable bonds is 1. The van der Waals surface area contributed by atoms with Gasteiger partial charge in [-0.3, -0.25) is 0 Å². The van der Waals surface area contributed by atoms with Gasteiger partial charge in [0.15, 0.2) is 0 Å². The summed E-state index contributed by atoms with van der Waals surface area (Å²) >= 11 is 0.